The van der Waals surface area contributed by atoms with Crippen LogP contribution in [0.1, 0.15) is 10.5 Å². The van der Waals surface area contributed by atoms with Crippen LogP contribution >= 0.6 is 11.8 Å². The zero-order chi connectivity index (χ0) is 25.8. The van der Waals surface area contributed by atoms with Crippen molar-refractivity contribution in [3.8, 4) is 33.9 Å². The topological polar surface area (TPSA) is 58.4 Å². The lowest BCUT2D eigenvalue weighted by Gasteiger charge is -2.12. The second kappa shape index (κ2) is 10.8. The number of carbonyl (C=O) groups is 1. The van der Waals surface area contributed by atoms with Gasteiger partial charge in [-0.15, -0.1) is 11.8 Å². The predicted octanol–water partition coefficient (Wildman–Crippen LogP) is 7.72. The number of hydrogen-bond acceptors (Lipinski definition) is 5. The fraction of sp³-hybridized carbons (Fsp3) is 0.0968. The summed E-state index contributed by atoms with van der Waals surface area (Å²) >= 11 is 1.62. The van der Waals surface area contributed by atoms with Crippen molar-refractivity contribution >= 4 is 29.0 Å². The molecule has 0 fully saturated rings. The number of benzene rings is 4. The van der Waals surface area contributed by atoms with E-state index < -0.39 is 0 Å². The molecule has 5 nitrogen and oxygen atoms in total. The summed E-state index contributed by atoms with van der Waals surface area (Å²) in [6, 6.07) is 33.7. The van der Waals surface area contributed by atoms with Crippen LogP contribution in [0, 0.1) is 0 Å². The minimum Gasteiger partial charge on any atom is -0.435 e. The highest BCUT2D eigenvalue weighted by atomic mass is 32.2. The third-order valence-corrected chi connectivity index (χ3v) is 6.78. The molecule has 37 heavy (non-hydrogen) atoms. The lowest BCUT2D eigenvalue weighted by Crippen LogP contribution is -2.13. The minimum absolute atomic E-state index is 0.241. The summed E-state index contributed by atoms with van der Waals surface area (Å²) in [5, 5.41) is 3.00. The maximum atomic E-state index is 13.5. The molecule has 5 rings (SSSR count). The van der Waals surface area contributed by atoms with Crippen molar-refractivity contribution in [2.24, 2.45) is 0 Å². The number of nitrogens with one attached hydrogen (secondary N) is 1. The van der Waals surface area contributed by atoms with Gasteiger partial charge in [0.05, 0.1) is 0 Å². The third kappa shape index (κ3) is 5.29. The van der Waals surface area contributed by atoms with Crippen LogP contribution in [-0.4, -0.2) is 31.2 Å². The second-order valence-corrected chi connectivity index (χ2v) is 9.62. The molecule has 1 aromatic heterocycles. The number of hydrogen-bond donors (Lipinski definition) is 1. The Labute approximate surface area is 221 Å². The molecule has 0 bridgehead atoms. The van der Waals surface area contributed by atoms with Gasteiger partial charge in [-0.2, -0.15) is 0 Å². The van der Waals surface area contributed by atoms with Crippen LogP contribution in [0.5, 0.6) is 0 Å². The molecule has 1 N–H and O–H groups in total. The van der Waals surface area contributed by atoms with Gasteiger partial charge in [0.25, 0.3) is 5.91 Å². The number of nitrogens with zero attached hydrogens (tertiary/aromatic N) is 2. The zero-order valence-electron chi connectivity index (χ0n) is 20.9. The molecule has 0 saturated carbocycles. The van der Waals surface area contributed by atoms with E-state index in [1.54, 1.807) is 11.8 Å². The van der Waals surface area contributed by atoms with Crippen LogP contribution in [-0.2, 0) is 0 Å². The molecule has 0 aliphatic carbocycles. The van der Waals surface area contributed by atoms with Crippen molar-refractivity contribution in [2.75, 3.05) is 30.6 Å². The van der Waals surface area contributed by atoms with E-state index in [4.69, 9.17) is 9.40 Å². The van der Waals surface area contributed by atoms with Gasteiger partial charge in [0.15, 0.2) is 11.5 Å². The molecule has 4 aromatic carbocycles. The van der Waals surface area contributed by atoms with Crippen LogP contribution in [0.25, 0.3) is 33.9 Å². The molecule has 0 aliphatic heterocycles. The lowest BCUT2D eigenvalue weighted by atomic mass is 10.00. The summed E-state index contributed by atoms with van der Waals surface area (Å²) in [6.45, 7) is 0. The van der Waals surface area contributed by atoms with Crippen LogP contribution in [0.2, 0.25) is 0 Å². The fourth-order valence-corrected chi connectivity index (χ4v) is 4.59. The summed E-state index contributed by atoms with van der Waals surface area (Å²) in [7, 11) is 3.98. The summed E-state index contributed by atoms with van der Waals surface area (Å²) in [4.78, 5) is 21.4. The van der Waals surface area contributed by atoms with Gasteiger partial charge in [-0.1, -0.05) is 54.6 Å². The van der Waals surface area contributed by atoms with Gasteiger partial charge in [-0.05, 0) is 65.9 Å². The van der Waals surface area contributed by atoms with E-state index in [2.05, 4.69) is 17.4 Å². The van der Waals surface area contributed by atoms with Crippen LogP contribution < -0.4 is 10.2 Å². The molecule has 1 heterocycles. The molecular weight excluding hydrogens is 478 g/mol. The number of rotatable bonds is 7. The molecule has 5 aromatic rings. The Kier molecular flexibility index (Phi) is 7.10. The standard InChI is InChI=1S/C31H27N3O2S/c1-34(2)24-18-16-22(17-19-24)29-28(30(35)32-23-12-9-13-25(20-23)37-3)33-31(36-29)27-15-8-7-14-26(27)21-10-5-4-6-11-21/h4-20H,1-3H3,(H,32,35). The van der Waals surface area contributed by atoms with Crippen molar-refractivity contribution in [1.82, 2.24) is 4.98 Å². The average Bonchev–Trinajstić information content (AvgIpc) is 3.39. The van der Waals surface area contributed by atoms with E-state index in [1.807, 2.05) is 116 Å². The molecule has 0 saturated heterocycles. The number of thioether (sulfide) groups is 1. The molecule has 6 heteroatoms. The largest absolute Gasteiger partial charge is 0.435 e. The summed E-state index contributed by atoms with van der Waals surface area (Å²) in [6.07, 6.45) is 2.00. The second-order valence-electron chi connectivity index (χ2n) is 8.74. The van der Waals surface area contributed by atoms with Crippen molar-refractivity contribution in [1.29, 1.82) is 0 Å². The summed E-state index contributed by atoms with van der Waals surface area (Å²) in [5.74, 6) is 0.507. The monoisotopic (exact) mass is 505 g/mol. The van der Waals surface area contributed by atoms with E-state index in [9.17, 15) is 4.79 Å². The maximum Gasteiger partial charge on any atom is 0.278 e. The van der Waals surface area contributed by atoms with E-state index in [0.29, 0.717) is 17.3 Å². The quantitative estimate of drug-likeness (QED) is 0.230. The number of oxazole rings is 1. The van der Waals surface area contributed by atoms with Crippen molar-refractivity contribution in [3.63, 3.8) is 0 Å². The van der Waals surface area contributed by atoms with E-state index in [1.165, 1.54) is 0 Å². The normalized spacial score (nSPS) is 10.8. The van der Waals surface area contributed by atoms with Gasteiger partial charge in [0.2, 0.25) is 5.89 Å². The van der Waals surface area contributed by atoms with Crippen LogP contribution in [0.15, 0.2) is 112 Å². The van der Waals surface area contributed by atoms with Gasteiger partial charge in [-0.25, -0.2) is 4.98 Å². The molecule has 184 valence electrons. The SMILES string of the molecule is CSc1cccc(NC(=O)c2nc(-c3ccccc3-c3ccccc3)oc2-c2ccc(N(C)C)cc2)c1. The minimum atomic E-state index is -0.322. The van der Waals surface area contributed by atoms with Crippen LogP contribution in [0.4, 0.5) is 11.4 Å². The molecular formula is C31H27N3O2S. The van der Waals surface area contributed by atoms with Gasteiger partial charge in [-0.3, -0.25) is 4.79 Å². The van der Waals surface area contributed by atoms with Crippen LogP contribution in [0.3, 0.4) is 0 Å². The molecule has 0 spiro atoms. The third-order valence-electron chi connectivity index (χ3n) is 6.06. The first-order valence-corrected chi connectivity index (χ1v) is 13.1. The highest BCUT2D eigenvalue weighted by molar-refractivity contribution is 7.98. The van der Waals surface area contributed by atoms with E-state index in [0.717, 1.165) is 32.8 Å². The first-order chi connectivity index (χ1) is 18.0. The Morgan fingerprint density at radius 2 is 1.51 bits per heavy atom. The van der Waals surface area contributed by atoms with Crippen molar-refractivity contribution < 1.29 is 9.21 Å². The fourth-order valence-electron chi connectivity index (χ4n) is 4.13. The summed E-state index contributed by atoms with van der Waals surface area (Å²) in [5.41, 5.74) is 5.64. The number of anilines is 2. The lowest BCUT2D eigenvalue weighted by molar-refractivity contribution is 0.102. The Morgan fingerprint density at radius 1 is 0.811 bits per heavy atom. The number of aromatic nitrogens is 1. The van der Waals surface area contributed by atoms with E-state index in [-0.39, 0.29) is 11.6 Å². The number of amides is 1. The maximum absolute atomic E-state index is 13.5. The predicted molar refractivity (Wildman–Crippen MR) is 153 cm³/mol. The van der Waals surface area contributed by atoms with Gasteiger partial charge in [0, 0.05) is 41.5 Å². The molecule has 0 radical (unpaired) electrons. The Bertz CT molecular complexity index is 1530. The smallest absolute Gasteiger partial charge is 0.278 e. The first-order valence-electron chi connectivity index (χ1n) is 11.9. The highest BCUT2D eigenvalue weighted by Crippen LogP contribution is 2.36. The van der Waals surface area contributed by atoms with Crippen molar-refractivity contribution in [3.05, 3.63) is 109 Å². The first kappa shape index (κ1) is 24.4. The number of carbonyl (C=O) groups excluding carboxylic acids is 1. The Balaban J connectivity index is 1.60. The van der Waals surface area contributed by atoms with E-state index >= 15 is 0 Å². The molecule has 1 amide bonds. The Morgan fingerprint density at radius 3 is 2.22 bits per heavy atom. The molecule has 0 aliphatic rings. The Hall–Kier alpha value is -4.29. The zero-order valence-corrected chi connectivity index (χ0v) is 21.8. The molecule has 0 unspecified atom stereocenters. The van der Waals surface area contributed by atoms with Gasteiger partial charge in [0.1, 0.15) is 0 Å². The summed E-state index contributed by atoms with van der Waals surface area (Å²) < 4.78 is 6.36. The average molecular weight is 506 g/mol. The van der Waals surface area contributed by atoms with Gasteiger partial charge < -0.3 is 14.6 Å². The highest BCUT2D eigenvalue weighted by Gasteiger charge is 2.24. The van der Waals surface area contributed by atoms with Crippen molar-refractivity contribution in [2.45, 2.75) is 4.90 Å². The van der Waals surface area contributed by atoms with Gasteiger partial charge >= 0.3 is 0 Å². The molecule has 0 atom stereocenters.